The van der Waals surface area contributed by atoms with Crippen LogP contribution in [0.3, 0.4) is 0 Å². The first-order valence-corrected chi connectivity index (χ1v) is 6.21. The van der Waals surface area contributed by atoms with Gasteiger partial charge in [-0.05, 0) is 29.3 Å². The van der Waals surface area contributed by atoms with E-state index in [1.165, 1.54) is 5.56 Å². The molecule has 1 atom stereocenters. The Morgan fingerprint density at radius 1 is 1.16 bits per heavy atom. The highest BCUT2D eigenvalue weighted by Crippen LogP contribution is 2.20. The Bertz CT molecular complexity index is 607. The SMILES string of the molecule is Cc1ccc2cc(C(N)C(=O)NN(C)C)ccc2c1. The Balaban J connectivity index is 2.30. The largest absolute Gasteiger partial charge is 0.316 e. The number of nitrogens with zero attached hydrogens (tertiary/aromatic N) is 1. The first-order chi connectivity index (χ1) is 8.97. The molecule has 19 heavy (non-hydrogen) atoms. The van der Waals surface area contributed by atoms with E-state index in [0.29, 0.717) is 0 Å². The minimum Gasteiger partial charge on any atom is -0.316 e. The lowest BCUT2D eigenvalue weighted by atomic mass is 10.0. The number of carbonyl (C=O) groups excluding carboxylic acids is 1. The van der Waals surface area contributed by atoms with Gasteiger partial charge in [0.2, 0.25) is 0 Å². The molecular weight excluding hydrogens is 238 g/mol. The number of hydrogen-bond donors (Lipinski definition) is 2. The first-order valence-electron chi connectivity index (χ1n) is 6.21. The molecule has 0 spiro atoms. The molecule has 0 aliphatic carbocycles. The van der Waals surface area contributed by atoms with Crippen LogP contribution in [0.25, 0.3) is 10.8 Å². The Hall–Kier alpha value is -1.91. The van der Waals surface area contributed by atoms with Crippen molar-refractivity contribution in [1.29, 1.82) is 0 Å². The van der Waals surface area contributed by atoms with Crippen LogP contribution in [0.1, 0.15) is 17.2 Å². The Morgan fingerprint density at radius 3 is 2.47 bits per heavy atom. The predicted octanol–water partition coefficient (Wildman–Crippen LogP) is 1.74. The standard InChI is InChI=1S/C15H19N3O/c1-10-4-5-12-9-13(7-6-11(12)8-10)14(16)15(19)17-18(2)3/h4-9,14H,16H2,1-3H3,(H,17,19). The highest BCUT2D eigenvalue weighted by Gasteiger charge is 2.16. The summed E-state index contributed by atoms with van der Waals surface area (Å²) in [4.78, 5) is 11.9. The number of amides is 1. The molecular formula is C15H19N3O. The first kappa shape index (κ1) is 13.5. The normalized spacial score (nSPS) is 12.7. The van der Waals surface area contributed by atoms with Crippen LogP contribution < -0.4 is 11.2 Å². The zero-order chi connectivity index (χ0) is 14.0. The number of aryl methyl sites for hydroxylation is 1. The lowest BCUT2D eigenvalue weighted by Crippen LogP contribution is -2.41. The summed E-state index contributed by atoms with van der Waals surface area (Å²) in [5.74, 6) is -0.212. The molecule has 0 aliphatic heterocycles. The number of rotatable bonds is 3. The van der Waals surface area contributed by atoms with Crippen LogP contribution >= 0.6 is 0 Å². The second kappa shape index (κ2) is 5.38. The number of hydrogen-bond acceptors (Lipinski definition) is 3. The fourth-order valence-corrected chi connectivity index (χ4v) is 2.02. The molecule has 3 N–H and O–H groups in total. The number of nitrogens with one attached hydrogen (secondary N) is 1. The molecule has 0 fully saturated rings. The van der Waals surface area contributed by atoms with Crippen LogP contribution in [0.2, 0.25) is 0 Å². The fourth-order valence-electron chi connectivity index (χ4n) is 2.02. The fraction of sp³-hybridized carbons (Fsp3) is 0.267. The summed E-state index contributed by atoms with van der Waals surface area (Å²) in [6.45, 7) is 2.06. The van der Waals surface area contributed by atoms with E-state index in [9.17, 15) is 4.79 Å². The third-order valence-corrected chi connectivity index (χ3v) is 3.00. The van der Waals surface area contributed by atoms with Crippen molar-refractivity contribution in [2.45, 2.75) is 13.0 Å². The second-order valence-corrected chi connectivity index (χ2v) is 4.96. The van der Waals surface area contributed by atoms with E-state index in [-0.39, 0.29) is 5.91 Å². The summed E-state index contributed by atoms with van der Waals surface area (Å²) in [6.07, 6.45) is 0. The van der Waals surface area contributed by atoms with E-state index >= 15 is 0 Å². The lowest BCUT2D eigenvalue weighted by molar-refractivity contribution is -0.126. The molecule has 0 aromatic heterocycles. The van der Waals surface area contributed by atoms with Gasteiger partial charge in [0.1, 0.15) is 6.04 Å². The molecule has 100 valence electrons. The van der Waals surface area contributed by atoms with Crippen molar-refractivity contribution >= 4 is 16.7 Å². The average Bonchev–Trinajstić information content (AvgIpc) is 2.36. The van der Waals surface area contributed by atoms with Crippen molar-refractivity contribution in [2.24, 2.45) is 5.73 Å². The molecule has 0 saturated heterocycles. The maximum atomic E-state index is 11.9. The van der Waals surface area contributed by atoms with Crippen molar-refractivity contribution in [3.8, 4) is 0 Å². The number of fused-ring (bicyclic) bond motifs is 1. The summed E-state index contributed by atoms with van der Waals surface area (Å²) in [5, 5.41) is 3.84. The van der Waals surface area contributed by atoms with Gasteiger partial charge < -0.3 is 5.73 Å². The van der Waals surface area contributed by atoms with Crippen LogP contribution in [-0.2, 0) is 4.79 Å². The Kier molecular flexibility index (Phi) is 3.83. The molecule has 0 saturated carbocycles. The molecule has 4 nitrogen and oxygen atoms in total. The molecule has 0 heterocycles. The van der Waals surface area contributed by atoms with Crippen molar-refractivity contribution < 1.29 is 4.79 Å². The zero-order valence-electron chi connectivity index (χ0n) is 11.5. The number of hydrazine groups is 1. The van der Waals surface area contributed by atoms with E-state index in [1.807, 2.05) is 24.3 Å². The maximum Gasteiger partial charge on any atom is 0.255 e. The monoisotopic (exact) mass is 257 g/mol. The molecule has 0 radical (unpaired) electrons. The van der Waals surface area contributed by atoms with E-state index in [0.717, 1.165) is 16.3 Å². The molecule has 2 aromatic carbocycles. The third-order valence-electron chi connectivity index (χ3n) is 3.00. The summed E-state index contributed by atoms with van der Waals surface area (Å²) >= 11 is 0. The van der Waals surface area contributed by atoms with Crippen molar-refractivity contribution in [3.05, 3.63) is 47.5 Å². The van der Waals surface area contributed by atoms with Crippen LogP contribution in [0.15, 0.2) is 36.4 Å². The predicted molar refractivity (Wildman–Crippen MR) is 77.4 cm³/mol. The Morgan fingerprint density at radius 2 is 1.79 bits per heavy atom. The van der Waals surface area contributed by atoms with E-state index in [4.69, 9.17) is 5.73 Å². The highest BCUT2D eigenvalue weighted by atomic mass is 16.2. The van der Waals surface area contributed by atoms with Gasteiger partial charge in [-0.2, -0.15) is 0 Å². The van der Waals surface area contributed by atoms with Gasteiger partial charge in [-0.25, -0.2) is 5.01 Å². The van der Waals surface area contributed by atoms with E-state index < -0.39 is 6.04 Å². The van der Waals surface area contributed by atoms with Gasteiger partial charge in [0.05, 0.1) is 0 Å². The quantitative estimate of drug-likeness (QED) is 0.823. The Labute approximate surface area is 113 Å². The van der Waals surface area contributed by atoms with Crippen LogP contribution in [0, 0.1) is 6.92 Å². The minimum absolute atomic E-state index is 0.212. The van der Waals surface area contributed by atoms with E-state index in [1.54, 1.807) is 19.1 Å². The molecule has 2 rings (SSSR count). The molecule has 2 aromatic rings. The van der Waals surface area contributed by atoms with Crippen molar-refractivity contribution in [3.63, 3.8) is 0 Å². The number of benzene rings is 2. The van der Waals surface area contributed by atoms with Gasteiger partial charge in [0.15, 0.2) is 0 Å². The summed E-state index contributed by atoms with van der Waals surface area (Å²) in [5.41, 5.74) is 10.7. The number of carbonyl (C=O) groups is 1. The van der Waals surface area contributed by atoms with Crippen molar-refractivity contribution in [1.82, 2.24) is 10.4 Å². The minimum atomic E-state index is -0.659. The van der Waals surface area contributed by atoms with Gasteiger partial charge in [0.25, 0.3) is 5.91 Å². The topological polar surface area (TPSA) is 58.4 Å². The molecule has 1 amide bonds. The van der Waals surface area contributed by atoms with Crippen LogP contribution in [0.5, 0.6) is 0 Å². The molecule has 1 unspecified atom stereocenters. The van der Waals surface area contributed by atoms with Gasteiger partial charge in [-0.3, -0.25) is 10.2 Å². The van der Waals surface area contributed by atoms with Gasteiger partial charge >= 0.3 is 0 Å². The average molecular weight is 257 g/mol. The third kappa shape index (κ3) is 3.10. The maximum absolute atomic E-state index is 11.9. The summed E-state index contributed by atoms with van der Waals surface area (Å²) in [6, 6.07) is 11.4. The second-order valence-electron chi connectivity index (χ2n) is 4.96. The van der Waals surface area contributed by atoms with Gasteiger partial charge in [-0.1, -0.05) is 35.9 Å². The molecule has 4 heteroatoms. The molecule has 0 aliphatic rings. The molecule has 0 bridgehead atoms. The highest BCUT2D eigenvalue weighted by molar-refractivity contribution is 5.87. The lowest BCUT2D eigenvalue weighted by Gasteiger charge is -2.17. The summed E-state index contributed by atoms with van der Waals surface area (Å²) < 4.78 is 0. The van der Waals surface area contributed by atoms with E-state index in [2.05, 4.69) is 24.5 Å². The zero-order valence-corrected chi connectivity index (χ0v) is 11.5. The van der Waals surface area contributed by atoms with Crippen LogP contribution in [-0.4, -0.2) is 25.0 Å². The van der Waals surface area contributed by atoms with Crippen LogP contribution in [0.4, 0.5) is 0 Å². The van der Waals surface area contributed by atoms with Crippen molar-refractivity contribution in [2.75, 3.05) is 14.1 Å². The smallest absolute Gasteiger partial charge is 0.255 e. The number of nitrogens with two attached hydrogens (primary N) is 1. The summed E-state index contributed by atoms with van der Waals surface area (Å²) in [7, 11) is 3.52. The van der Waals surface area contributed by atoms with Gasteiger partial charge in [0, 0.05) is 14.1 Å². The van der Waals surface area contributed by atoms with Gasteiger partial charge in [-0.15, -0.1) is 0 Å².